The minimum atomic E-state index is -3.81. The number of rotatable bonds is 12. The highest BCUT2D eigenvalue weighted by atomic mass is 35.5. The highest BCUT2D eigenvalue weighted by Crippen LogP contribution is 2.42. The van der Waals surface area contributed by atoms with Gasteiger partial charge in [-0.3, -0.25) is 9.36 Å². The van der Waals surface area contributed by atoms with E-state index in [0.717, 1.165) is 23.5 Å². The Morgan fingerprint density at radius 3 is 2.50 bits per heavy atom. The zero-order valence-corrected chi connectivity index (χ0v) is 20.9. The van der Waals surface area contributed by atoms with E-state index in [9.17, 15) is 23.5 Å². The molecule has 1 aromatic heterocycles. The number of nitrogens with two attached hydrogens (primary N) is 1. The minimum absolute atomic E-state index is 0.0519. The van der Waals surface area contributed by atoms with E-state index in [1.165, 1.54) is 0 Å². The Kier molecular flexibility index (Phi) is 9.89. The molecule has 9 nitrogen and oxygen atoms in total. The summed E-state index contributed by atoms with van der Waals surface area (Å²) in [6.45, 7) is 0.771. The van der Waals surface area contributed by atoms with Crippen molar-refractivity contribution >= 4 is 40.7 Å². The number of hydrogen-bond donors (Lipinski definition) is 2. The fraction of sp³-hybridized carbons (Fsp3) is 0.522. The van der Waals surface area contributed by atoms with Gasteiger partial charge in [0.25, 0.3) is 0 Å². The van der Waals surface area contributed by atoms with Gasteiger partial charge in [0.05, 0.1) is 0 Å². The lowest BCUT2D eigenvalue weighted by Crippen LogP contribution is -2.42. The molecule has 3 N–H and O–H groups in total. The summed E-state index contributed by atoms with van der Waals surface area (Å²) in [4.78, 5) is 29.5. The first-order chi connectivity index (χ1) is 17.2. The fourth-order valence-corrected chi connectivity index (χ4v) is 4.25. The van der Waals surface area contributed by atoms with Gasteiger partial charge in [0.2, 0.25) is 6.23 Å². The molecule has 1 fully saturated rings. The summed E-state index contributed by atoms with van der Waals surface area (Å²) in [5.41, 5.74) is 6.34. The maximum Gasteiger partial charge on any atom is 0.351 e. The van der Waals surface area contributed by atoms with Gasteiger partial charge in [-0.2, -0.15) is 13.8 Å². The number of aliphatic hydroxyl groups is 1. The largest absolute Gasteiger partial charge is 0.463 e. The van der Waals surface area contributed by atoms with Gasteiger partial charge in [-0.1, -0.05) is 12.1 Å². The number of carbonyl (C=O) groups excluding carboxylic acids is 1. The standard InChI is InChI=1S/C23H28Cl2F2N4O5/c24-9-12-30(13-10-25)16-6-4-15(5-7-16)2-1-3-19(32)35-14-17-20(33)23(26,27)21(36-17)31-11-8-18(28)29-22(31)34/h4-8,11,17,20-21,33H,1-3,9-10,12-14H2,(H2,28,29,34)/t17?,20-,21+/m0/s1. The van der Waals surface area contributed by atoms with Crippen LogP contribution >= 0.6 is 23.2 Å². The number of carbonyl (C=O) groups is 1. The molecule has 1 unspecified atom stereocenters. The van der Waals surface area contributed by atoms with Crippen molar-refractivity contribution in [3.8, 4) is 0 Å². The summed E-state index contributed by atoms with van der Waals surface area (Å²) in [6, 6.07) is 8.99. The van der Waals surface area contributed by atoms with E-state index in [1.54, 1.807) is 0 Å². The van der Waals surface area contributed by atoms with E-state index < -0.39 is 42.6 Å². The third-order valence-corrected chi connectivity index (χ3v) is 6.09. The molecule has 2 heterocycles. The molecule has 0 radical (unpaired) electrons. The Morgan fingerprint density at radius 2 is 1.89 bits per heavy atom. The molecule has 0 spiro atoms. The number of aliphatic hydroxyl groups excluding tert-OH is 1. The number of alkyl halides is 4. The maximum atomic E-state index is 14.5. The van der Waals surface area contributed by atoms with Crippen molar-refractivity contribution in [2.45, 2.75) is 43.6 Å². The normalized spacial score (nSPS) is 20.9. The van der Waals surface area contributed by atoms with Crippen molar-refractivity contribution in [2.75, 3.05) is 42.1 Å². The Hall–Kier alpha value is -2.47. The summed E-state index contributed by atoms with van der Waals surface area (Å²) < 4.78 is 39.9. The molecule has 1 saturated heterocycles. The second-order valence-corrected chi connectivity index (χ2v) is 9.01. The van der Waals surface area contributed by atoms with Gasteiger partial charge in [-0.25, -0.2) is 4.79 Å². The molecule has 36 heavy (non-hydrogen) atoms. The van der Waals surface area contributed by atoms with Crippen LogP contribution in [0, 0.1) is 0 Å². The first-order valence-electron chi connectivity index (χ1n) is 11.3. The number of ether oxygens (including phenoxy) is 2. The molecule has 0 amide bonds. The van der Waals surface area contributed by atoms with Crippen molar-refractivity contribution in [3.63, 3.8) is 0 Å². The summed E-state index contributed by atoms with van der Waals surface area (Å²) >= 11 is 11.7. The molecule has 1 aliphatic heterocycles. The molecule has 1 aliphatic rings. The van der Waals surface area contributed by atoms with E-state index in [2.05, 4.69) is 9.88 Å². The summed E-state index contributed by atoms with van der Waals surface area (Å²) in [6.07, 6.45) is -3.77. The third-order valence-electron chi connectivity index (χ3n) is 5.75. The summed E-state index contributed by atoms with van der Waals surface area (Å²) in [5.74, 6) is -3.60. The van der Waals surface area contributed by atoms with Crippen LogP contribution in [-0.4, -0.2) is 70.2 Å². The molecule has 1 aromatic carbocycles. The summed E-state index contributed by atoms with van der Waals surface area (Å²) in [7, 11) is 0. The average molecular weight is 549 g/mol. The van der Waals surface area contributed by atoms with Crippen LogP contribution in [0.3, 0.4) is 0 Å². The van der Waals surface area contributed by atoms with Crippen LogP contribution < -0.4 is 16.3 Å². The second-order valence-electron chi connectivity index (χ2n) is 8.26. The van der Waals surface area contributed by atoms with Gasteiger partial charge >= 0.3 is 17.6 Å². The van der Waals surface area contributed by atoms with Crippen LogP contribution in [0.2, 0.25) is 0 Å². The van der Waals surface area contributed by atoms with E-state index in [4.69, 9.17) is 38.4 Å². The highest BCUT2D eigenvalue weighted by Gasteiger charge is 2.60. The average Bonchev–Trinajstić information content (AvgIpc) is 3.06. The van der Waals surface area contributed by atoms with Crippen molar-refractivity contribution < 1.29 is 28.2 Å². The van der Waals surface area contributed by atoms with Crippen molar-refractivity contribution in [1.82, 2.24) is 9.55 Å². The molecular weight excluding hydrogens is 521 g/mol. The quantitative estimate of drug-likeness (QED) is 0.306. The lowest BCUT2D eigenvalue weighted by atomic mass is 10.1. The second kappa shape index (κ2) is 12.7. The van der Waals surface area contributed by atoms with E-state index in [-0.39, 0.29) is 12.2 Å². The van der Waals surface area contributed by atoms with Crippen molar-refractivity contribution in [1.29, 1.82) is 0 Å². The molecular formula is C23H28Cl2F2N4O5. The minimum Gasteiger partial charge on any atom is -0.463 e. The highest BCUT2D eigenvalue weighted by molar-refractivity contribution is 6.18. The third kappa shape index (κ3) is 6.84. The number of hydrogen-bond acceptors (Lipinski definition) is 8. The number of aryl methyl sites for hydroxylation is 1. The predicted molar refractivity (Wildman–Crippen MR) is 132 cm³/mol. The lowest BCUT2D eigenvalue weighted by molar-refractivity contribution is -0.150. The maximum absolute atomic E-state index is 14.5. The number of aromatic nitrogens is 2. The molecule has 2 aromatic rings. The van der Waals surface area contributed by atoms with Gasteiger partial charge in [0.1, 0.15) is 18.5 Å². The van der Waals surface area contributed by atoms with Gasteiger partial charge in [0, 0.05) is 43.2 Å². The Morgan fingerprint density at radius 1 is 1.22 bits per heavy atom. The fourth-order valence-electron chi connectivity index (χ4n) is 3.84. The topological polar surface area (TPSA) is 120 Å². The lowest BCUT2D eigenvalue weighted by Gasteiger charge is -2.23. The summed E-state index contributed by atoms with van der Waals surface area (Å²) in [5, 5.41) is 10.0. The van der Waals surface area contributed by atoms with Crippen molar-refractivity contribution in [2.24, 2.45) is 0 Å². The predicted octanol–water partition coefficient (Wildman–Crippen LogP) is 2.57. The Bertz CT molecular complexity index is 1070. The van der Waals surface area contributed by atoms with Crippen LogP contribution in [0.5, 0.6) is 0 Å². The first kappa shape index (κ1) is 28.1. The molecule has 3 rings (SSSR count). The van der Waals surface area contributed by atoms with Crippen LogP contribution in [0.1, 0.15) is 24.6 Å². The van der Waals surface area contributed by atoms with Gasteiger partial charge < -0.3 is 25.2 Å². The smallest absolute Gasteiger partial charge is 0.351 e. The monoisotopic (exact) mass is 548 g/mol. The number of benzene rings is 1. The molecule has 0 aliphatic carbocycles. The van der Waals surface area contributed by atoms with Gasteiger partial charge in [-0.05, 0) is 36.6 Å². The first-order valence-corrected chi connectivity index (χ1v) is 12.4. The molecule has 0 bridgehead atoms. The Balaban J connectivity index is 1.47. The van der Waals surface area contributed by atoms with Crippen molar-refractivity contribution in [3.05, 3.63) is 52.6 Å². The van der Waals surface area contributed by atoms with Crippen LogP contribution in [-0.2, 0) is 20.7 Å². The molecule has 0 saturated carbocycles. The van der Waals surface area contributed by atoms with Gasteiger partial charge in [-0.15, -0.1) is 23.2 Å². The number of nitrogen functional groups attached to an aromatic ring is 1. The molecule has 3 atom stereocenters. The van der Waals surface area contributed by atoms with E-state index in [1.807, 2.05) is 24.3 Å². The van der Waals surface area contributed by atoms with E-state index in [0.29, 0.717) is 42.3 Å². The molecule has 13 heteroatoms. The molecule has 198 valence electrons. The number of halogens is 4. The van der Waals surface area contributed by atoms with Crippen LogP contribution in [0.15, 0.2) is 41.3 Å². The number of nitrogens with zero attached hydrogens (tertiary/aromatic N) is 3. The van der Waals surface area contributed by atoms with Gasteiger partial charge in [0.15, 0.2) is 6.10 Å². The number of esters is 1. The SMILES string of the molecule is Nc1ccn([C@@H]2OC(COC(=O)CCCc3ccc(N(CCCl)CCCl)cc3)[C@H](O)C2(F)F)c(=O)n1. The Labute approximate surface area is 216 Å². The number of anilines is 2. The van der Waals surface area contributed by atoms with Crippen LogP contribution in [0.4, 0.5) is 20.3 Å². The van der Waals surface area contributed by atoms with Crippen LogP contribution in [0.25, 0.3) is 0 Å². The zero-order valence-electron chi connectivity index (χ0n) is 19.4. The zero-order chi connectivity index (χ0) is 26.3. The van der Waals surface area contributed by atoms with E-state index >= 15 is 0 Å².